The van der Waals surface area contributed by atoms with Gasteiger partial charge in [0.1, 0.15) is 5.82 Å². The summed E-state index contributed by atoms with van der Waals surface area (Å²) in [5.74, 6) is 0.269. The molecule has 1 aliphatic rings. The summed E-state index contributed by atoms with van der Waals surface area (Å²) in [7, 11) is 0. The van der Waals surface area contributed by atoms with Crippen LogP contribution >= 0.6 is 11.6 Å². The van der Waals surface area contributed by atoms with E-state index < -0.39 is 5.82 Å². The third-order valence-electron chi connectivity index (χ3n) is 4.01. The highest BCUT2D eigenvalue weighted by Gasteiger charge is 2.19. The molecule has 0 amide bonds. The lowest BCUT2D eigenvalue weighted by molar-refractivity contribution is 0.613. The molecule has 118 valence electrons. The van der Waals surface area contributed by atoms with Crippen molar-refractivity contribution in [1.29, 1.82) is 0 Å². The molecule has 1 aromatic carbocycles. The number of nitrogens with zero attached hydrogens (tertiary/aromatic N) is 3. The number of anilines is 1. The molecular formula is C15H13ClFN5O. The van der Waals surface area contributed by atoms with Crippen molar-refractivity contribution in [3.63, 3.8) is 0 Å². The van der Waals surface area contributed by atoms with E-state index in [0.29, 0.717) is 22.3 Å². The fourth-order valence-electron chi connectivity index (χ4n) is 2.84. The van der Waals surface area contributed by atoms with Crippen LogP contribution in [0.3, 0.4) is 0 Å². The minimum Gasteiger partial charge on any atom is -0.350 e. The Kier molecular flexibility index (Phi) is 3.30. The van der Waals surface area contributed by atoms with Crippen LogP contribution < -0.4 is 10.9 Å². The Balaban J connectivity index is 1.66. The van der Waals surface area contributed by atoms with Gasteiger partial charge < -0.3 is 5.32 Å². The van der Waals surface area contributed by atoms with E-state index in [1.165, 1.54) is 10.6 Å². The zero-order valence-electron chi connectivity index (χ0n) is 12.1. The fraction of sp³-hybridized carbons (Fsp3) is 0.267. The average Bonchev–Trinajstić information content (AvgIpc) is 3.14. The highest BCUT2D eigenvalue weighted by Crippen LogP contribution is 2.20. The van der Waals surface area contributed by atoms with Gasteiger partial charge in [-0.05, 0) is 31.4 Å². The molecule has 0 spiro atoms. The van der Waals surface area contributed by atoms with Crippen LogP contribution in [-0.4, -0.2) is 19.6 Å². The third kappa shape index (κ3) is 2.37. The summed E-state index contributed by atoms with van der Waals surface area (Å²) < 4.78 is 15.1. The molecule has 1 aliphatic carbocycles. The van der Waals surface area contributed by atoms with Crippen LogP contribution in [-0.2, 0) is 19.4 Å². The van der Waals surface area contributed by atoms with Gasteiger partial charge in [0.2, 0.25) is 5.95 Å². The van der Waals surface area contributed by atoms with Gasteiger partial charge in [0.15, 0.2) is 0 Å². The van der Waals surface area contributed by atoms with Crippen molar-refractivity contribution < 1.29 is 4.39 Å². The lowest BCUT2D eigenvalue weighted by Gasteiger charge is -2.06. The van der Waals surface area contributed by atoms with Crippen LogP contribution in [0.1, 0.15) is 23.2 Å². The standard InChI is InChI=1S/C15H13ClFN5O/c16-10-4-2-5-11(17)9(10)7-18-14-20-15-19-12-6-1-3-8(12)13(23)22(15)21-14/h2,4-5H,1,3,6-7H2,(H2,18,19,20,21). The van der Waals surface area contributed by atoms with Crippen LogP contribution in [0.15, 0.2) is 23.0 Å². The number of hydrogen-bond donors (Lipinski definition) is 2. The number of aryl methyl sites for hydroxylation is 1. The lowest BCUT2D eigenvalue weighted by atomic mass is 10.2. The zero-order valence-corrected chi connectivity index (χ0v) is 12.8. The molecule has 0 fully saturated rings. The molecular weight excluding hydrogens is 321 g/mol. The Hall–Kier alpha value is -2.41. The minimum atomic E-state index is -0.393. The molecule has 2 aromatic heterocycles. The first kappa shape index (κ1) is 14.2. The second-order valence-electron chi connectivity index (χ2n) is 5.46. The molecule has 0 atom stereocenters. The maximum atomic E-state index is 13.8. The molecule has 23 heavy (non-hydrogen) atoms. The first-order chi connectivity index (χ1) is 11.1. The van der Waals surface area contributed by atoms with E-state index in [4.69, 9.17) is 11.6 Å². The Morgan fingerprint density at radius 3 is 3.04 bits per heavy atom. The van der Waals surface area contributed by atoms with Crippen molar-refractivity contribution in [3.8, 4) is 0 Å². The van der Waals surface area contributed by atoms with Gasteiger partial charge in [-0.2, -0.15) is 9.50 Å². The summed E-state index contributed by atoms with van der Waals surface area (Å²) in [4.78, 5) is 21.0. The number of H-pyrrole nitrogens is 1. The van der Waals surface area contributed by atoms with Gasteiger partial charge in [0, 0.05) is 22.7 Å². The average molecular weight is 334 g/mol. The van der Waals surface area contributed by atoms with Crippen LogP contribution in [0, 0.1) is 5.82 Å². The van der Waals surface area contributed by atoms with Gasteiger partial charge in [0.05, 0.1) is 5.69 Å². The first-order valence-corrected chi connectivity index (χ1v) is 7.68. The van der Waals surface area contributed by atoms with E-state index in [-0.39, 0.29) is 12.1 Å². The first-order valence-electron chi connectivity index (χ1n) is 7.31. The lowest BCUT2D eigenvalue weighted by Crippen LogP contribution is -2.20. The monoisotopic (exact) mass is 333 g/mol. The summed E-state index contributed by atoms with van der Waals surface area (Å²) in [6.07, 6.45) is 2.50. The van der Waals surface area contributed by atoms with Gasteiger partial charge in [-0.1, -0.05) is 17.7 Å². The normalized spacial score (nSPS) is 13.5. The number of hydrogen-bond acceptors (Lipinski definition) is 4. The molecule has 0 unspecified atom stereocenters. The highest BCUT2D eigenvalue weighted by molar-refractivity contribution is 6.31. The van der Waals surface area contributed by atoms with E-state index in [1.807, 2.05) is 0 Å². The number of halogens is 2. The minimum absolute atomic E-state index is 0.119. The van der Waals surface area contributed by atoms with E-state index in [9.17, 15) is 9.18 Å². The maximum absolute atomic E-state index is 13.8. The van der Waals surface area contributed by atoms with E-state index >= 15 is 0 Å². The predicted molar refractivity (Wildman–Crippen MR) is 84.4 cm³/mol. The largest absolute Gasteiger partial charge is 0.350 e. The van der Waals surface area contributed by atoms with Gasteiger partial charge in [-0.3, -0.25) is 9.89 Å². The quantitative estimate of drug-likeness (QED) is 0.771. The second-order valence-corrected chi connectivity index (χ2v) is 5.86. The second kappa shape index (κ2) is 5.34. The molecule has 0 radical (unpaired) electrons. The van der Waals surface area contributed by atoms with E-state index in [1.54, 1.807) is 12.1 Å². The number of nitrogens with one attached hydrogen (secondary N) is 2. The summed E-state index contributed by atoms with van der Waals surface area (Å²) in [6.45, 7) is 0.153. The van der Waals surface area contributed by atoms with Gasteiger partial charge in [0.25, 0.3) is 11.3 Å². The van der Waals surface area contributed by atoms with Crippen molar-refractivity contribution in [2.75, 3.05) is 5.32 Å². The molecule has 2 N–H and O–H groups in total. The van der Waals surface area contributed by atoms with Crippen molar-refractivity contribution in [1.82, 2.24) is 19.6 Å². The van der Waals surface area contributed by atoms with Gasteiger partial charge >= 0.3 is 0 Å². The Morgan fingerprint density at radius 2 is 2.22 bits per heavy atom. The van der Waals surface area contributed by atoms with Gasteiger partial charge in [-0.25, -0.2) is 9.37 Å². The van der Waals surface area contributed by atoms with Crippen LogP contribution in [0.25, 0.3) is 5.78 Å². The van der Waals surface area contributed by atoms with E-state index in [2.05, 4.69) is 20.4 Å². The Bertz CT molecular complexity index is 944. The van der Waals surface area contributed by atoms with E-state index in [0.717, 1.165) is 30.5 Å². The number of aromatic amines is 1. The molecule has 0 saturated carbocycles. The fourth-order valence-corrected chi connectivity index (χ4v) is 3.07. The van der Waals surface area contributed by atoms with Crippen molar-refractivity contribution in [2.45, 2.75) is 25.8 Å². The van der Waals surface area contributed by atoms with Crippen LogP contribution in [0.4, 0.5) is 10.3 Å². The Labute approximate surface area is 135 Å². The topological polar surface area (TPSA) is 75.1 Å². The van der Waals surface area contributed by atoms with Crippen molar-refractivity contribution >= 4 is 23.3 Å². The van der Waals surface area contributed by atoms with Gasteiger partial charge in [-0.15, -0.1) is 0 Å². The summed E-state index contributed by atoms with van der Waals surface area (Å²) in [6, 6.07) is 4.52. The maximum Gasteiger partial charge on any atom is 0.277 e. The molecule has 4 rings (SSSR count). The molecule has 0 saturated heterocycles. The number of aromatic nitrogens is 4. The molecule has 0 bridgehead atoms. The number of fused-ring (bicyclic) bond motifs is 2. The summed E-state index contributed by atoms with van der Waals surface area (Å²) >= 11 is 5.99. The summed E-state index contributed by atoms with van der Waals surface area (Å²) in [5, 5.41) is 6.14. The smallest absolute Gasteiger partial charge is 0.277 e. The van der Waals surface area contributed by atoms with Crippen molar-refractivity contribution in [2.24, 2.45) is 0 Å². The Morgan fingerprint density at radius 1 is 1.35 bits per heavy atom. The molecule has 6 nitrogen and oxygen atoms in total. The molecule has 3 aromatic rings. The highest BCUT2D eigenvalue weighted by atomic mass is 35.5. The van der Waals surface area contributed by atoms with Crippen LogP contribution in [0.5, 0.6) is 0 Å². The predicted octanol–water partition coefficient (Wildman–Crippen LogP) is 2.31. The molecule has 0 aliphatic heterocycles. The zero-order chi connectivity index (χ0) is 16.0. The number of rotatable bonds is 3. The summed E-state index contributed by atoms with van der Waals surface area (Å²) in [5.41, 5.74) is 1.80. The third-order valence-corrected chi connectivity index (χ3v) is 4.36. The SMILES string of the molecule is O=c1c2c(nc3nc(NCc4c(F)cccc4Cl)[nH]n13)CCC2. The van der Waals surface area contributed by atoms with Crippen molar-refractivity contribution in [3.05, 3.63) is 56.2 Å². The molecule has 8 heteroatoms. The number of benzene rings is 1. The molecule has 2 heterocycles. The van der Waals surface area contributed by atoms with Crippen LogP contribution in [0.2, 0.25) is 5.02 Å².